The van der Waals surface area contributed by atoms with Crippen molar-refractivity contribution in [2.75, 3.05) is 0 Å². The second kappa shape index (κ2) is 5.59. The Kier molecular flexibility index (Phi) is 4.48. The van der Waals surface area contributed by atoms with Crippen molar-refractivity contribution in [2.45, 2.75) is 59.8 Å². The molecule has 0 radical (unpaired) electrons. The fourth-order valence-electron chi connectivity index (χ4n) is 4.21. The Morgan fingerprint density at radius 1 is 1.05 bits per heavy atom. The number of carbonyl (C=O) groups is 1. The van der Waals surface area contributed by atoms with Crippen molar-refractivity contribution < 1.29 is 4.79 Å². The van der Waals surface area contributed by atoms with Gasteiger partial charge in [-0.15, -0.1) is 0 Å². The van der Waals surface area contributed by atoms with E-state index in [9.17, 15) is 4.79 Å². The molecule has 0 spiro atoms. The van der Waals surface area contributed by atoms with E-state index >= 15 is 0 Å². The molecule has 0 saturated heterocycles. The molecule has 1 aromatic rings. The summed E-state index contributed by atoms with van der Waals surface area (Å²) in [5.74, 6) is 0.354. The molecule has 0 amide bonds. The minimum Gasteiger partial charge on any atom is -0.294 e. The predicted molar refractivity (Wildman–Crippen MR) is 90.6 cm³/mol. The third-order valence-corrected chi connectivity index (χ3v) is 5.10. The summed E-state index contributed by atoms with van der Waals surface area (Å²) in [7, 11) is 0. The van der Waals surface area contributed by atoms with Gasteiger partial charge in [0.15, 0.2) is 5.78 Å². The van der Waals surface area contributed by atoms with Crippen molar-refractivity contribution >= 4 is 29.0 Å². The molecule has 1 nitrogen and oxygen atoms in total. The van der Waals surface area contributed by atoms with Gasteiger partial charge < -0.3 is 0 Å². The molecule has 1 aliphatic carbocycles. The van der Waals surface area contributed by atoms with E-state index in [0.717, 1.165) is 18.4 Å². The second-order valence-electron chi connectivity index (χ2n) is 8.02. The molecule has 0 N–H and O–H groups in total. The number of hydrogen-bond donors (Lipinski definition) is 0. The number of benzene rings is 1. The zero-order valence-electron chi connectivity index (χ0n) is 13.5. The van der Waals surface area contributed by atoms with Crippen molar-refractivity contribution in [1.82, 2.24) is 0 Å². The topological polar surface area (TPSA) is 17.1 Å². The van der Waals surface area contributed by atoms with E-state index in [0.29, 0.717) is 32.4 Å². The van der Waals surface area contributed by atoms with E-state index in [1.807, 2.05) is 6.07 Å². The monoisotopic (exact) mass is 326 g/mol. The number of hydrogen-bond acceptors (Lipinski definition) is 1. The summed E-state index contributed by atoms with van der Waals surface area (Å²) in [6.07, 6.45) is 3.42. The zero-order valence-corrected chi connectivity index (χ0v) is 15.0. The summed E-state index contributed by atoms with van der Waals surface area (Å²) in [4.78, 5) is 11.6. The normalized spacial score (nSPS) is 21.3. The van der Waals surface area contributed by atoms with Crippen LogP contribution in [0.5, 0.6) is 0 Å². The summed E-state index contributed by atoms with van der Waals surface area (Å²) in [5.41, 5.74) is 2.19. The lowest BCUT2D eigenvalue weighted by Gasteiger charge is -2.45. The molecule has 0 aromatic heterocycles. The maximum atomic E-state index is 11.6. The molecule has 1 aromatic carbocycles. The van der Waals surface area contributed by atoms with Crippen LogP contribution < -0.4 is 0 Å². The predicted octanol–water partition coefficient (Wildman–Crippen LogP) is 6.52. The van der Waals surface area contributed by atoms with Crippen molar-refractivity contribution in [3.63, 3.8) is 0 Å². The highest BCUT2D eigenvalue weighted by atomic mass is 35.5. The maximum Gasteiger partial charge on any atom is 0.161 e. The third-order valence-electron chi connectivity index (χ3n) is 4.46. The first-order chi connectivity index (χ1) is 9.51. The number of Topliss-reactive ketones (excluding diaryl/α,β-unsaturated/α-hetero) is 1. The first-order valence-corrected chi connectivity index (χ1v) is 8.26. The van der Waals surface area contributed by atoms with Gasteiger partial charge in [0.2, 0.25) is 0 Å². The molecule has 1 saturated carbocycles. The lowest BCUT2D eigenvalue weighted by atomic mass is 9.60. The van der Waals surface area contributed by atoms with Crippen LogP contribution in [0.25, 0.3) is 0 Å². The molecule has 0 aliphatic heterocycles. The lowest BCUT2D eigenvalue weighted by Crippen LogP contribution is -2.33. The van der Waals surface area contributed by atoms with Gasteiger partial charge in [0, 0.05) is 10.6 Å². The standard InChI is InChI=1S/C18H24Cl2O/c1-11(21)13-6-16(20)14(7-15(13)19)12-8-17(2,3)10-18(4,5)9-12/h6-7,12H,8-10H2,1-5H3. The van der Waals surface area contributed by atoms with Crippen LogP contribution in [0.15, 0.2) is 12.1 Å². The molecule has 116 valence electrons. The quantitative estimate of drug-likeness (QED) is 0.565. The van der Waals surface area contributed by atoms with Gasteiger partial charge in [-0.3, -0.25) is 4.79 Å². The van der Waals surface area contributed by atoms with Crippen LogP contribution >= 0.6 is 23.2 Å². The SMILES string of the molecule is CC(=O)c1cc(Cl)c(C2CC(C)(C)CC(C)(C)C2)cc1Cl. The Morgan fingerprint density at radius 3 is 2.05 bits per heavy atom. The van der Waals surface area contributed by atoms with E-state index in [1.165, 1.54) is 13.3 Å². The van der Waals surface area contributed by atoms with Gasteiger partial charge in [-0.1, -0.05) is 50.9 Å². The van der Waals surface area contributed by atoms with Gasteiger partial charge in [-0.2, -0.15) is 0 Å². The molecule has 1 fully saturated rings. The van der Waals surface area contributed by atoms with Crippen LogP contribution in [-0.4, -0.2) is 5.78 Å². The summed E-state index contributed by atoms with van der Waals surface area (Å²) >= 11 is 12.7. The van der Waals surface area contributed by atoms with Gasteiger partial charge in [0.1, 0.15) is 0 Å². The highest BCUT2D eigenvalue weighted by Crippen LogP contribution is 2.53. The van der Waals surface area contributed by atoms with E-state index in [4.69, 9.17) is 23.2 Å². The Hall–Kier alpha value is -0.530. The Morgan fingerprint density at radius 2 is 1.57 bits per heavy atom. The fraction of sp³-hybridized carbons (Fsp3) is 0.611. The molecular weight excluding hydrogens is 303 g/mol. The summed E-state index contributed by atoms with van der Waals surface area (Å²) in [6, 6.07) is 3.64. The van der Waals surface area contributed by atoms with Crippen LogP contribution in [0.4, 0.5) is 0 Å². The van der Waals surface area contributed by atoms with Crippen LogP contribution in [0.3, 0.4) is 0 Å². The van der Waals surface area contributed by atoms with Crippen molar-refractivity contribution in [3.8, 4) is 0 Å². The largest absolute Gasteiger partial charge is 0.294 e. The van der Waals surface area contributed by atoms with Crippen molar-refractivity contribution in [3.05, 3.63) is 33.3 Å². The molecule has 0 bridgehead atoms. The average Bonchev–Trinajstić information content (AvgIpc) is 2.27. The smallest absolute Gasteiger partial charge is 0.161 e. The van der Waals surface area contributed by atoms with Crippen LogP contribution in [0.1, 0.15) is 75.7 Å². The van der Waals surface area contributed by atoms with Crippen molar-refractivity contribution in [2.24, 2.45) is 10.8 Å². The van der Waals surface area contributed by atoms with Gasteiger partial charge in [0.25, 0.3) is 0 Å². The van der Waals surface area contributed by atoms with E-state index < -0.39 is 0 Å². The molecule has 0 unspecified atom stereocenters. The average molecular weight is 327 g/mol. The van der Waals surface area contributed by atoms with E-state index in [1.54, 1.807) is 6.07 Å². The number of carbonyl (C=O) groups excluding carboxylic acids is 1. The van der Waals surface area contributed by atoms with Crippen LogP contribution in [0, 0.1) is 10.8 Å². The first-order valence-electron chi connectivity index (χ1n) is 7.51. The van der Waals surface area contributed by atoms with Gasteiger partial charge in [0.05, 0.1) is 5.02 Å². The highest BCUT2D eigenvalue weighted by molar-refractivity contribution is 6.36. The van der Waals surface area contributed by atoms with E-state index in [-0.39, 0.29) is 5.78 Å². The number of ketones is 1. The summed E-state index contributed by atoms with van der Waals surface area (Å²) < 4.78 is 0. The molecular formula is C18H24Cl2O. The molecule has 0 atom stereocenters. The van der Waals surface area contributed by atoms with Crippen LogP contribution in [0.2, 0.25) is 10.0 Å². The molecule has 1 aliphatic rings. The third kappa shape index (κ3) is 3.81. The van der Waals surface area contributed by atoms with Crippen molar-refractivity contribution in [1.29, 1.82) is 0 Å². The zero-order chi connectivity index (χ0) is 16.0. The van der Waals surface area contributed by atoms with Gasteiger partial charge >= 0.3 is 0 Å². The lowest BCUT2D eigenvalue weighted by molar-refractivity contribution is 0.0966. The fourth-order valence-corrected chi connectivity index (χ4v) is 4.83. The summed E-state index contributed by atoms with van der Waals surface area (Å²) in [6.45, 7) is 10.8. The number of halogens is 2. The molecule has 2 rings (SSSR count). The van der Waals surface area contributed by atoms with Gasteiger partial charge in [-0.05, 0) is 60.6 Å². The summed E-state index contributed by atoms with van der Waals surface area (Å²) in [5, 5.41) is 1.19. The first kappa shape index (κ1) is 16.8. The highest BCUT2D eigenvalue weighted by Gasteiger charge is 2.39. The minimum absolute atomic E-state index is 0.0437. The Labute approximate surface area is 138 Å². The second-order valence-corrected chi connectivity index (χ2v) is 8.83. The van der Waals surface area contributed by atoms with E-state index in [2.05, 4.69) is 27.7 Å². The molecule has 3 heteroatoms. The minimum atomic E-state index is -0.0437. The Balaban J connectivity index is 2.42. The molecule has 0 heterocycles. The van der Waals surface area contributed by atoms with Gasteiger partial charge in [-0.25, -0.2) is 0 Å². The number of rotatable bonds is 2. The Bertz CT molecular complexity index is 557. The maximum absolute atomic E-state index is 11.6. The van der Waals surface area contributed by atoms with Crippen LogP contribution in [-0.2, 0) is 0 Å². The molecule has 21 heavy (non-hydrogen) atoms.